The zero-order chi connectivity index (χ0) is 14.8. The zero-order valence-electron chi connectivity index (χ0n) is 11.4. The van der Waals surface area contributed by atoms with Crippen LogP contribution < -0.4 is 4.72 Å². The van der Waals surface area contributed by atoms with Crippen LogP contribution in [0.5, 0.6) is 0 Å². The maximum absolute atomic E-state index is 12.3. The van der Waals surface area contributed by atoms with Crippen LogP contribution in [0.4, 0.5) is 0 Å². The van der Waals surface area contributed by atoms with Crippen molar-refractivity contribution >= 4 is 21.6 Å². The summed E-state index contributed by atoms with van der Waals surface area (Å²) in [5.74, 6) is 0. The molecule has 20 heavy (non-hydrogen) atoms. The Bertz CT molecular complexity index is 726. The predicted octanol–water partition coefficient (Wildman–Crippen LogP) is 3.44. The predicted molar refractivity (Wildman–Crippen MR) is 81.4 cm³/mol. The van der Waals surface area contributed by atoms with Crippen molar-refractivity contribution in [1.29, 1.82) is 0 Å². The van der Waals surface area contributed by atoms with Gasteiger partial charge in [-0.3, -0.25) is 0 Å². The summed E-state index contributed by atoms with van der Waals surface area (Å²) in [6, 6.07) is 12.5. The zero-order valence-corrected chi connectivity index (χ0v) is 12.9. The second-order valence-electron chi connectivity index (χ2n) is 4.68. The van der Waals surface area contributed by atoms with E-state index in [1.165, 1.54) is 0 Å². The fourth-order valence-electron chi connectivity index (χ4n) is 1.89. The Morgan fingerprint density at radius 1 is 1.10 bits per heavy atom. The second kappa shape index (κ2) is 5.95. The Morgan fingerprint density at radius 3 is 2.50 bits per heavy atom. The topological polar surface area (TPSA) is 46.2 Å². The number of nitrogens with one attached hydrogen (secondary N) is 1. The van der Waals surface area contributed by atoms with Gasteiger partial charge < -0.3 is 0 Å². The lowest BCUT2D eigenvalue weighted by Gasteiger charge is -2.11. The summed E-state index contributed by atoms with van der Waals surface area (Å²) in [5.41, 5.74) is 2.39. The lowest BCUT2D eigenvalue weighted by Crippen LogP contribution is -2.24. The van der Waals surface area contributed by atoms with Crippen molar-refractivity contribution in [3.63, 3.8) is 0 Å². The third-order valence-electron chi connectivity index (χ3n) is 3.04. The number of hydrogen-bond donors (Lipinski definition) is 1. The van der Waals surface area contributed by atoms with Crippen LogP contribution in [0.2, 0.25) is 5.02 Å². The molecule has 0 radical (unpaired) electrons. The largest absolute Gasteiger partial charge is 0.241 e. The van der Waals surface area contributed by atoms with Gasteiger partial charge in [0.15, 0.2) is 0 Å². The van der Waals surface area contributed by atoms with E-state index in [2.05, 4.69) is 4.72 Å². The second-order valence-corrected chi connectivity index (χ2v) is 6.83. The molecule has 0 aliphatic carbocycles. The highest BCUT2D eigenvalue weighted by molar-refractivity contribution is 7.89. The maximum Gasteiger partial charge on any atom is 0.241 e. The molecule has 0 aliphatic rings. The molecule has 0 bridgehead atoms. The molecule has 0 atom stereocenters. The third kappa shape index (κ3) is 3.39. The van der Waals surface area contributed by atoms with Gasteiger partial charge in [0.2, 0.25) is 10.0 Å². The quantitative estimate of drug-likeness (QED) is 0.940. The van der Waals surface area contributed by atoms with Gasteiger partial charge in [-0.25, -0.2) is 13.1 Å². The van der Waals surface area contributed by atoms with E-state index < -0.39 is 10.0 Å². The number of hydrogen-bond acceptors (Lipinski definition) is 2. The fourth-order valence-corrected chi connectivity index (χ4v) is 3.43. The fraction of sp³-hybridized carbons (Fsp3) is 0.200. The normalized spacial score (nSPS) is 11.6. The van der Waals surface area contributed by atoms with Crippen LogP contribution in [0.15, 0.2) is 47.4 Å². The van der Waals surface area contributed by atoms with Gasteiger partial charge in [0.25, 0.3) is 0 Å². The monoisotopic (exact) mass is 309 g/mol. The molecule has 0 spiro atoms. The lowest BCUT2D eigenvalue weighted by molar-refractivity contribution is 0.580. The molecule has 3 nitrogen and oxygen atoms in total. The smallest absolute Gasteiger partial charge is 0.207 e. The van der Waals surface area contributed by atoms with Gasteiger partial charge in [-0.15, -0.1) is 0 Å². The standard InChI is InChI=1S/C15H16ClNO2S/c1-11-7-8-12(2)15(9-11)20(18,19)17-10-13-5-3-4-6-14(13)16/h3-9,17H,10H2,1-2H3. The minimum absolute atomic E-state index is 0.176. The summed E-state index contributed by atoms with van der Waals surface area (Å²) in [5, 5.41) is 0.552. The van der Waals surface area contributed by atoms with E-state index in [1.807, 2.05) is 25.1 Å². The van der Waals surface area contributed by atoms with Crippen molar-refractivity contribution < 1.29 is 8.42 Å². The van der Waals surface area contributed by atoms with Crippen LogP contribution in [0.25, 0.3) is 0 Å². The Balaban J connectivity index is 2.24. The summed E-state index contributed by atoms with van der Waals surface area (Å²) in [6.45, 7) is 3.82. The Morgan fingerprint density at radius 2 is 1.80 bits per heavy atom. The highest BCUT2D eigenvalue weighted by Gasteiger charge is 2.17. The highest BCUT2D eigenvalue weighted by atomic mass is 35.5. The van der Waals surface area contributed by atoms with Crippen molar-refractivity contribution in [3.8, 4) is 0 Å². The Hall–Kier alpha value is -1.36. The van der Waals surface area contributed by atoms with Gasteiger partial charge in [-0.1, -0.05) is 41.9 Å². The molecule has 1 N–H and O–H groups in total. The Labute approximate surface area is 124 Å². The van der Waals surface area contributed by atoms with Crippen molar-refractivity contribution in [2.45, 2.75) is 25.3 Å². The van der Waals surface area contributed by atoms with Crippen molar-refractivity contribution in [2.24, 2.45) is 0 Å². The molecule has 2 aromatic carbocycles. The number of halogens is 1. The molecule has 0 fully saturated rings. The van der Waals surface area contributed by atoms with E-state index >= 15 is 0 Å². The third-order valence-corrected chi connectivity index (χ3v) is 4.96. The first kappa shape index (κ1) is 15.0. The number of rotatable bonds is 4. The molecule has 0 unspecified atom stereocenters. The van der Waals surface area contributed by atoms with E-state index in [-0.39, 0.29) is 6.54 Å². The van der Waals surface area contributed by atoms with Crippen LogP contribution in [0.3, 0.4) is 0 Å². The highest BCUT2D eigenvalue weighted by Crippen LogP contribution is 2.19. The van der Waals surface area contributed by atoms with Crippen LogP contribution >= 0.6 is 11.6 Å². The van der Waals surface area contributed by atoms with Gasteiger partial charge >= 0.3 is 0 Å². The number of aryl methyl sites for hydroxylation is 2. The first-order valence-electron chi connectivity index (χ1n) is 6.20. The van der Waals surface area contributed by atoms with Crippen molar-refractivity contribution in [2.75, 3.05) is 0 Å². The minimum Gasteiger partial charge on any atom is -0.207 e. The lowest BCUT2D eigenvalue weighted by atomic mass is 10.2. The summed E-state index contributed by atoms with van der Waals surface area (Å²) in [6.07, 6.45) is 0. The van der Waals surface area contributed by atoms with E-state index in [0.29, 0.717) is 9.92 Å². The van der Waals surface area contributed by atoms with E-state index in [9.17, 15) is 8.42 Å². The van der Waals surface area contributed by atoms with Crippen LogP contribution in [0, 0.1) is 13.8 Å². The van der Waals surface area contributed by atoms with E-state index in [0.717, 1.165) is 16.7 Å². The molecule has 0 saturated heterocycles. The van der Waals surface area contributed by atoms with Crippen LogP contribution in [-0.2, 0) is 16.6 Å². The molecule has 0 amide bonds. The molecule has 0 aliphatic heterocycles. The van der Waals surface area contributed by atoms with Gasteiger partial charge in [0.1, 0.15) is 0 Å². The molecular weight excluding hydrogens is 294 g/mol. The molecular formula is C15H16ClNO2S. The van der Waals surface area contributed by atoms with Gasteiger partial charge in [0, 0.05) is 11.6 Å². The van der Waals surface area contributed by atoms with Crippen LogP contribution in [0.1, 0.15) is 16.7 Å². The van der Waals surface area contributed by atoms with E-state index in [1.54, 1.807) is 31.2 Å². The molecule has 2 aromatic rings. The van der Waals surface area contributed by atoms with Crippen molar-refractivity contribution in [3.05, 3.63) is 64.2 Å². The summed E-state index contributed by atoms with van der Waals surface area (Å²) in [4.78, 5) is 0.310. The number of benzene rings is 2. The van der Waals surface area contributed by atoms with Gasteiger partial charge in [-0.05, 0) is 42.7 Å². The maximum atomic E-state index is 12.3. The molecule has 2 rings (SSSR count). The van der Waals surface area contributed by atoms with Crippen LogP contribution in [-0.4, -0.2) is 8.42 Å². The average Bonchev–Trinajstić information content (AvgIpc) is 2.40. The first-order valence-corrected chi connectivity index (χ1v) is 8.06. The van der Waals surface area contributed by atoms with Crippen molar-refractivity contribution in [1.82, 2.24) is 4.72 Å². The Kier molecular flexibility index (Phi) is 4.48. The van der Waals surface area contributed by atoms with Gasteiger partial charge in [0.05, 0.1) is 4.90 Å². The molecule has 5 heteroatoms. The summed E-state index contributed by atoms with van der Waals surface area (Å²) < 4.78 is 27.3. The first-order chi connectivity index (χ1) is 9.40. The van der Waals surface area contributed by atoms with Gasteiger partial charge in [-0.2, -0.15) is 0 Å². The summed E-state index contributed by atoms with van der Waals surface area (Å²) in [7, 11) is -3.54. The molecule has 106 valence electrons. The summed E-state index contributed by atoms with van der Waals surface area (Å²) >= 11 is 6.02. The molecule has 0 saturated carbocycles. The SMILES string of the molecule is Cc1ccc(C)c(S(=O)(=O)NCc2ccccc2Cl)c1. The van der Waals surface area contributed by atoms with E-state index in [4.69, 9.17) is 11.6 Å². The molecule has 0 heterocycles. The average molecular weight is 310 g/mol. The minimum atomic E-state index is -3.54. The molecule has 0 aromatic heterocycles. The number of sulfonamides is 1.